The second-order valence-electron chi connectivity index (χ2n) is 4.09. The van der Waals surface area contributed by atoms with Crippen LogP contribution in [0.4, 0.5) is 0 Å². The van der Waals surface area contributed by atoms with Gasteiger partial charge >= 0.3 is 0 Å². The number of halogens is 1. The molecule has 1 aromatic carbocycles. The Morgan fingerprint density at radius 2 is 2.11 bits per heavy atom. The van der Waals surface area contributed by atoms with E-state index in [1.807, 2.05) is 24.0 Å². The summed E-state index contributed by atoms with van der Waals surface area (Å²) in [5, 5.41) is 0. The Hall–Kier alpha value is 0.264. The topological polar surface area (TPSA) is 20.3 Å². The zero-order chi connectivity index (χ0) is 12.4. The summed E-state index contributed by atoms with van der Waals surface area (Å²) in [5.41, 5.74) is 3.25. The number of allylic oxidation sites excluding steroid dienone is 1. The summed E-state index contributed by atoms with van der Waals surface area (Å²) in [4.78, 5) is 13.9. The second kappa shape index (κ2) is 7.15. The number of aryl methyl sites for hydroxylation is 1. The molecular formula is C14H15INOY-. The van der Waals surface area contributed by atoms with Crippen LogP contribution in [0.3, 0.4) is 0 Å². The first kappa shape index (κ1) is 16.3. The van der Waals surface area contributed by atoms with Crippen molar-refractivity contribution in [2.24, 2.45) is 0 Å². The quantitative estimate of drug-likeness (QED) is 0.402. The van der Waals surface area contributed by atoms with Crippen LogP contribution in [0.15, 0.2) is 24.3 Å². The predicted molar refractivity (Wildman–Crippen MR) is 77.6 cm³/mol. The summed E-state index contributed by atoms with van der Waals surface area (Å²) in [7, 11) is 0. The fourth-order valence-electron chi connectivity index (χ4n) is 2.04. The molecule has 1 amide bonds. The molecule has 0 bridgehead atoms. The first-order valence-electron chi connectivity index (χ1n) is 5.77. The van der Waals surface area contributed by atoms with E-state index in [0.717, 1.165) is 11.3 Å². The maximum atomic E-state index is 12.1. The van der Waals surface area contributed by atoms with E-state index in [4.69, 9.17) is 0 Å². The molecule has 2 nitrogen and oxygen atoms in total. The average molecular weight is 429 g/mol. The van der Waals surface area contributed by atoms with Gasteiger partial charge in [-0.25, -0.2) is 6.08 Å². The third-order valence-electron chi connectivity index (χ3n) is 2.97. The molecule has 1 radical (unpaired) electrons. The van der Waals surface area contributed by atoms with Crippen LogP contribution in [-0.2, 0) is 37.5 Å². The molecule has 0 aromatic heterocycles. The number of hydrogen-bond acceptors (Lipinski definition) is 1. The molecule has 1 aliphatic rings. The molecular weight excluding hydrogens is 414 g/mol. The number of hydrogen-bond donors (Lipinski definition) is 0. The van der Waals surface area contributed by atoms with Gasteiger partial charge < -0.3 is 4.90 Å². The van der Waals surface area contributed by atoms with E-state index in [1.165, 1.54) is 5.56 Å². The number of benzene rings is 1. The second-order valence-corrected chi connectivity index (χ2v) is 5.60. The fraction of sp³-hybridized carbons (Fsp3) is 0.357. The number of carbonyl (C=O) groups is 1. The van der Waals surface area contributed by atoms with E-state index in [0.29, 0.717) is 13.0 Å². The largest absolute Gasteiger partial charge is 0.347 e. The molecule has 0 aliphatic carbocycles. The summed E-state index contributed by atoms with van der Waals surface area (Å²) < 4.78 is 0.0281. The van der Waals surface area contributed by atoms with E-state index in [1.54, 1.807) is 0 Å². The van der Waals surface area contributed by atoms with Crippen molar-refractivity contribution in [3.8, 4) is 0 Å². The van der Waals surface area contributed by atoms with Gasteiger partial charge in [-0.15, -0.1) is 22.9 Å². The van der Waals surface area contributed by atoms with Crippen LogP contribution in [0.5, 0.6) is 0 Å². The summed E-state index contributed by atoms with van der Waals surface area (Å²) in [6.07, 6.45) is 4.08. The SMILES string of the molecule is CCN1C(=O)C(I)C[C-]=C1c1ccccc1C.[Y]. The third-order valence-corrected chi connectivity index (χ3v) is 3.94. The van der Waals surface area contributed by atoms with Crippen molar-refractivity contribution in [2.75, 3.05) is 6.54 Å². The molecule has 1 aromatic rings. The van der Waals surface area contributed by atoms with Gasteiger partial charge in [0.25, 0.3) is 0 Å². The van der Waals surface area contributed by atoms with Crippen LogP contribution in [0.25, 0.3) is 5.70 Å². The van der Waals surface area contributed by atoms with Crippen LogP contribution in [0.2, 0.25) is 0 Å². The Morgan fingerprint density at radius 3 is 2.72 bits per heavy atom. The zero-order valence-corrected chi connectivity index (χ0v) is 15.6. The van der Waals surface area contributed by atoms with Crippen LogP contribution < -0.4 is 0 Å². The molecule has 0 saturated carbocycles. The smallest absolute Gasteiger partial charge is 0.235 e. The number of rotatable bonds is 2. The molecule has 0 N–H and O–H groups in total. The van der Waals surface area contributed by atoms with Gasteiger partial charge in [0.15, 0.2) is 0 Å². The Balaban J connectivity index is 0.00000162. The maximum Gasteiger partial charge on any atom is 0.235 e. The molecule has 0 fully saturated rings. The van der Waals surface area contributed by atoms with Gasteiger partial charge in [-0.3, -0.25) is 4.79 Å². The number of carbonyl (C=O) groups excluding carboxylic acids is 1. The minimum Gasteiger partial charge on any atom is -0.347 e. The van der Waals surface area contributed by atoms with Crippen molar-refractivity contribution in [3.63, 3.8) is 0 Å². The Labute approximate surface area is 147 Å². The van der Waals surface area contributed by atoms with E-state index in [2.05, 4.69) is 47.7 Å². The molecule has 1 aliphatic heterocycles. The fourth-order valence-corrected chi connectivity index (χ4v) is 2.60. The number of alkyl halides is 1. The van der Waals surface area contributed by atoms with E-state index < -0.39 is 0 Å². The van der Waals surface area contributed by atoms with Gasteiger partial charge in [0.05, 0.1) is 3.92 Å². The van der Waals surface area contributed by atoms with Crippen molar-refractivity contribution in [3.05, 3.63) is 41.5 Å². The van der Waals surface area contributed by atoms with Crippen LogP contribution in [-0.4, -0.2) is 21.3 Å². The predicted octanol–water partition coefficient (Wildman–Crippen LogP) is 3.19. The van der Waals surface area contributed by atoms with Crippen molar-refractivity contribution in [1.29, 1.82) is 0 Å². The zero-order valence-electron chi connectivity index (χ0n) is 10.6. The Kier molecular flexibility index (Phi) is 6.49. The molecule has 0 spiro atoms. The van der Waals surface area contributed by atoms with Crippen molar-refractivity contribution in [2.45, 2.75) is 24.2 Å². The first-order chi connectivity index (χ1) is 8.15. The minimum atomic E-state index is 0. The molecule has 93 valence electrons. The van der Waals surface area contributed by atoms with E-state index in [-0.39, 0.29) is 42.5 Å². The molecule has 18 heavy (non-hydrogen) atoms. The monoisotopic (exact) mass is 429 g/mol. The molecule has 1 unspecified atom stereocenters. The molecule has 0 saturated heterocycles. The van der Waals surface area contributed by atoms with Gasteiger partial charge in [-0.1, -0.05) is 54.1 Å². The Morgan fingerprint density at radius 1 is 1.44 bits per heavy atom. The molecule has 4 heteroatoms. The van der Waals surface area contributed by atoms with Crippen molar-refractivity contribution < 1.29 is 37.5 Å². The first-order valence-corrected chi connectivity index (χ1v) is 7.02. The minimum absolute atomic E-state index is 0. The van der Waals surface area contributed by atoms with Gasteiger partial charge in [-0.05, 0) is 6.92 Å². The van der Waals surface area contributed by atoms with Crippen LogP contribution in [0.1, 0.15) is 24.5 Å². The van der Waals surface area contributed by atoms with Crippen molar-refractivity contribution in [1.82, 2.24) is 4.90 Å². The standard InChI is InChI=1S/C14H15INO.Y/c1-3-16-13(9-8-12(15)14(16)17)11-7-5-4-6-10(11)2;/h4-7,12H,3,8H2,1-2H3;/q-1;. The third kappa shape index (κ3) is 3.23. The van der Waals surface area contributed by atoms with Gasteiger partial charge in [-0.2, -0.15) is 0 Å². The van der Waals surface area contributed by atoms with Gasteiger partial charge in [0.2, 0.25) is 5.91 Å². The molecule has 1 heterocycles. The molecule has 1 atom stereocenters. The number of amides is 1. The van der Waals surface area contributed by atoms with E-state index in [9.17, 15) is 4.79 Å². The van der Waals surface area contributed by atoms with Crippen LogP contribution >= 0.6 is 22.6 Å². The van der Waals surface area contributed by atoms with E-state index >= 15 is 0 Å². The van der Waals surface area contributed by atoms with Gasteiger partial charge in [0.1, 0.15) is 0 Å². The average Bonchev–Trinajstić information content (AvgIpc) is 2.33. The summed E-state index contributed by atoms with van der Waals surface area (Å²) in [6.45, 7) is 4.78. The number of nitrogens with zero attached hydrogens (tertiary/aromatic N) is 1. The summed E-state index contributed by atoms with van der Waals surface area (Å²) in [5.74, 6) is 0.199. The normalized spacial score (nSPS) is 19.3. The summed E-state index contributed by atoms with van der Waals surface area (Å²) >= 11 is 2.19. The Bertz CT molecular complexity index is 473. The van der Waals surface area contributed by atoms with Crippen molar-refractivity contribution >= 4 is 34.2 Å². The summed E-state index contributed by atoms with van der Waals surface area (Å²) in [6, 6.07) is 8.15. The van der Waals surface area contributed by atoms with Gasteiger partial charge in [0, 0.05) is 39.3 Å². The maximum absolute atomic E-state index is 12.1. The molecule has 2 rings (SSSR count). The van der Waals surface area contributed by atoms with Crippen LogP contribution in [0, 0.1) is 13.0 Å².